The molecule has 2 rings (SSSR count). The summed E-state index contributed by atoms with van der Waals surface area (Å²) in [4.78, 5) is 0. The molecule has 1 aromatic rings. The molecule has 6 atom stereocenters. The molecule has 1 saturated heterocycles. The molecule has 8 nitrogen and oxygen atoms in total. The van der Waals surface area contributed by atoms with E-state index in [4.69, 9.17) is 9.47 Å². The van der Waals surface area contributed by atoms with Gasteiger partial charge in [-0.05, 0) is 40.5 Å². The molecule has 8 heteroatoms. The molecule has 28 heavy (non-hydrogen) atoms. The van der Waals surface area contributed by atoms with Gasteiger partial charge in [0.2, 0.25) is 12.2 Å². The summed E-state index contributed by atoms with van der Waals surface area (Å²) in [6.45, 7) is 11.1. The van der Waals surface area contributed by atoms with Gasteiger partial charge in [-0.25, -0.2) is 0 Å². The first kappa shape index (κ1) is 22.6. The molecule has 1 aliphatic heterocycles. The van der Waals surface area contributed by atoms with E-state index >= 15 is 0 Å². The summed E-state index contributed by atoms with van der Waals surface area (Å²) >= 11 is 0. The van der Waals surface area contributed by atoms with E-state index in [2.05, 4.69) is 11.7 Å². The van der Waals surface area contributed by atoms with Crippen molar-refractivity contribution >= 4 is 0 Å². The number of aromatic nitrogens is 2. The molecule has 4 N–H and O–H groups in total. The van der Waals surface area contributed by atoms with Crippen molar-refractivity contribution < 1.29 is 29.9 Å². The van der Waals surface area contributed by atoms with E-state index in [1.54, 1.807) is 6.92 Å². The molecule has 1 fully saturated rings. The van der Waals surface area contributed by atoms with Crippen LogP contribution in [-0.2, 0) is 11.2 Å². The second kappa shape index (κ2) is 9.67. The smallest absolute Gasteiger partial charge is 0.239 e. The lowest BCUT2D eigenvalue weighted by Crippen LogP contribution is -2.58. The first-order chi connectivity index (χ1) is 13.2. The molecule has 2 heterocycles. The van der Waals surface area contributed by atoms with E-state index in [1.165, 1.54) is 6.08 Å². The number of hydrogen-bond acceptors (Lipinski definition) is 7. The van der Waals surface area contributed by atoms with E-state index in [0.29, 0.717) is 18.7 Å². The van der Waals surface area contributed by atoms with E-state index in [-0.39, 0.29) is 6.04 Å². The summed E-state index contributed by atoms with van der Waals surface area (Å²) in [5.74, 6) is 0.306. The quantitative estimate of drug-likeness (QED) is 0.485. The zero-order valence-electron chi connectivity index (χ0n) is 16.9. The van der Waals surface area contributed by atoms with Crippen molar-refractivity contribution in [1.82, 2.24) is 9.78 Å². The first-order valence-electron chi connectivity index (χ1n) is 9.57. The first-order valence-corrected chi connectivity index (χ1v) is 9.57. The van der Waals surface area contributed by atoms with Crippen LogP contribution >= 0.6 is 0 Å². The van der Waals surface area contributed by atoms with E-state index < -0.39 is 36.8 Å². The summed E-state index contributed by atoms with van der Waals surface area (Å²) in [5, 5.41) is 44.1. The van der Waals surface area contributed by atoms with Crippen LogP contribution in [0.2, 0.25) is 0 Å². The third kappa shape index (κ3) is 5.01. The highest BCUT2D eigenvalue weighted by Crippen LogP contribution is 2.29. The van der Waals surface area contributed by atoms with E-state index in [1.807, 2.05) is 37.6 Å². The Bertz CT molecular complexity index is 686. The van der Waals surface area contributed by atoms with Gasteiger partial charge in [-0.15, -0.1) is 11.7 Å². The SMILES string of the molecule is C=CC(O)C/C=C/Cc1c(O[C@@H]2OC(C)[C@@H](O)[C@H](O)C2O)nn(C(C)C)c1C. The molecular weight excluding hydrogens is 364 g/mol. The topological polar surface area (TPSA) is 117 Å². The molecule has 0 bridgehead atoms. The van der Waals surface area contributed by atoms with Crippen molar-refractivity contribution in [2.24, 2.45) is 0 Å². The van der Waals surface area contributed by atoms with Crippen LogP contribution in [0.1, 0.15) is 44.5 Å². The fraction of sp³-hybridized carbons (Fsp3) is 0.650. The summed E-state index contributed by atoms with van der Waals surface area (Å²) in [7, 11) is 0. The zero-order chi connectivity index (χ0) is 21.0. The number of aliphatic hydroxyl groups excluding tert-OH is 4. The molecular formula is C20H32N2O6. The van der Waals surface area contributed by atoms with E-state index in [9.17, 15) is 20.4 Å². The number of allylic oxidation sites excluding steroid dienone is 1. The Kier molecular flexibility index (Phi) is 7.79. The van der Waals surface area contributed by atoms with Crippen molar-refractivity contribution in [2.45, 2.75) is 83.4 Å². The van der Waals surface area contributed by atoms with Crippen LogP contribution in [0.15, 0.2) is 24.8 Å². The van der Waals surface area contributed by atoms with Crippen LogP contribution in [0.4, 0.5) is 0 Å². The maximum atomic E-state index is 10.2. The lowest BCUT2D eigenvalue weighted by atomic mass is 10.00. The highest BCUT2D eigenvalue weighted by atomic mass is 16.7. The average molecular weight is 396 g/mol. The van der Waals surface area contributed by atoms with Crippen LogP contribution < -0.4 is 4.74 Å². The molecule has 158 valence electrons. The third-order valence-corrected chi connectivity index (χ3v) is 4.90. The van der Waals surface area contributed by atoms with Crippen molar-refractivity contribution in [3.8, 4) is 5.88 Å². The lowest BCUT2D eigenvalue weighted by Gasteiger charge is -2.38. The molecule has 1 aromatic heterocycles. The number of rotatable bonds is 8. The standard InChI is InChI=1S/C20H32N2O6/c1-6-14(23)9-7-8-10-15-12(4)22(11(2)3)21-19(15)28-20-18(26)17(25)16(24)13(5)27-20/h6-8,11,13-14,16-18,20,23-26H,1,9-10H2,2-5H3/b8-7+/t13?,14?,16-,17+,18?,20+/m1/s1. The summed E-state index contributed by atoms with van der Waals surface area (Å²) in [5.41, 5.74) is 1.74. The number of aliphatic hydroxyl groups is 4. The number of hydrogen-bond donors (Lipinski definition) is 4. The Morgan fingerprint density at radius 3 is 2.50 bits per heavy atom. The second-order valence-electron chi connectivity index (χ2n) is 7.42. The third-order valence-electron chi connectivity index (χ3n) is 4.90. The number of ether oxygens (including phenoxy) is 2. The maximum absolute atomic E-state index is 10.2. The van der Waals surface area contributed by atoms with Gasteiger partial charge in [0.25, 0.3) is 0 Å². The van der Waals surface area contributed by atoms with Crippen LogP contribution in [0.3, 0.4) is 0 Å². The van der Waals surface area contributed by atoms with Gasteiger partial charge in [-0.2, -0.15) is 0 Å². The minimum atomic E-state index is -1.40. The Balaban J connectivity index is 2.22. The Morgan fingerprint density at radius 2 is 1.89 bits per heavy atom. The van der Waals surface area contributed by atoms with Crippen molar-refractivity contribution in [2.75, 3.05) is 0 Å². The van der Waals surface area contributed by atoms with Gasteiger partial charge in [-0.1, -0.05) is 18.2 Å². The fourth-order valence-electron chi connectivity index (χ4n) is 3.11. The van der Waals surface area contributed by atoms with Gasteiger partial charge in [0.1, 0.15) is 18.3 Å². The molecule has 3 unspecified atom stereocenters. The second-order valence-corrected chi connectivity index (χ2v) is 7.42. The summed E-state index contributed by atoms with van der Waals surface area (Å²) < 4.78 is 13.2. The number of nitrogens with zero attached hydrogens (tertiary/aromatic N) is 2. The van der Waals surface area contributed by atoms with Gasteiger partial charge >= 0.3 is 0 Å². The lowest BCUT2D eigenvalue weighted by molar-refractivity contribution is -0.269. The summed E-state index contributed by atoms with van der Waals surface area (Å²) in [6, 6.07) is 0.103. The highest BCUT2D eigenvalue weighted by molar-refractivity contribution is 5.33. The molecule has 0 amide bonds. The monoisotopic (exact) mass is 396 g/mol. The minimum absolute atomic E-state index is 0.103. The average Bonchev–Trinajstić information content (AvgIpc) is 2.97. The van der Waals surface area contributed by atoms with Gasteiger partial charge < -0.3 is 29.9 Å². The predicted molar refractivity (Wildman–Crippen MR) is 104 cm³/mol. The molecule has 0 spiro atoms. The fourth-order valence-corrected chi connectivity index (χ4v) is 3.11. The molecule has 0 aliphatic carbocycles. The molecule has 1 aliphatic rings. The normalized spacial score (nSPS) is 29.4. The molecule has 0 aromatic carbocycles. The van der Waals surface area contributed by atoms with Gasteiger partial charge in [-0.3, -0.25) is 4.68 Å². The van der Waals surface area contributed by atoms with Crippen LogP contribution in [0.25, 0.3) is 0 Å². The zero-order valence-corrected chi connectivity index (χ0v) is 16.9. The predicted octanol–water partition coefficient (Wildman–Crippen LogP) is 1.01. The Hall–Kier alpha value is -1.71. The van der Waals surface area contributed by atoms with Gasteiger partial charge in [0.15, 0.2) is 0 Å². The van der Waals surface area contributed by atoms with E-state index in [0.717, 1.165) is 11.3 Å². The van der Waals surface area contributed by atoms with Crippen LogP contribution in [0.5, 0.6) is 5.88 Å². The van der Waals surface area contributed by atoms with Crippen LogP contribution in [-0.4, -0.2) is 67.0 Å². The van der Waals surface area contributed by atoms with Crippen molar-refractivity contribution in [1.29, 1.82) is 0 Å². The largest absolute Gasteiger partial charge is 0.443 e. The van der Waals surface area contributed by atoms with Crippen molar-refractivity contribution in [3.63, 3.8) is 0 Å². The highest BCUT2D eigenvalue weighted by Gasteiger charge is 2.43. The Morgan fingerprint density at radius 1 is 1.21 bits per heavy atom. The Labute approximate surface area is 165 Å². The van der Waals surface area contributed by atoms with Crippen molar-refractivity contribution in [3.05, 3.63) is 36.1 Å². The van der Waals surface area contributed by atoms with Crippen LogP contribution in [0, 0.1) is 6.92 Å². The molecule has 0 saturated carbocycles. The molecule has 0 radical (unpaired) electrons. The summed E-state index contributed by atoms with van der Waals surface area (Å²) in [6.07, 6.45) is -0.172. The minimum Gasteiger partial charge on any atom is -0.443 e. The van der Waals surface area contributed by atoms with Gasteiger partial charge in [0.05, 0.1) is 12.2 Å². The maximum Gasteiger partial charge on any atom is 0.239 e. The van der Waals surface area contributed by atoms with Gasteiger partial charge in [0, 0.05) is 17.3 Å².